The number of benzene rings is 3. The lowest BCUT2D eigenvalue weighted by molar-refractivity contribution is -0.130. The second kappa shape index (κ2) is 8.96. The van der Waals surface area contributed by atoms with Crippen LogP contribution in [-0.4, -0.2) is 21.7 Å². The average Bonchev–Trinajstić information content (AvgIpc) is 3.05. The van der Waals surface area contributed by atoms with Crippen LogP contribution in [0.2, 0.25) is 0 Å². The Balaban J connectivity index is 1.64. The van der Waals surface area contributed by atoms with Crippen LogP contribution in [0.5, 0.6) is 0 Å². The number of amides is 1. The van der Waals surface area contributed by atoms with Gasteiger partial charge in [0.2, 0.25) is 0 Å². The predicted molar refractivity (Wildman–Crippen MR) is 116 cm³/mol. The molecular weight excluding hydrogens is 393 g/mol. The first kappa shape index (κ1) is 20.5. The average molecular weight is 415 g/mol. The second-order valence-electron chi connectivity index (χ2n) is 7.54. The molecule has 0 aromatic heterocycles. The predicted octanol–water partition coefficient (Wildman–Crippen LogP) is 4.92. The van der Waals surface area contributed by atoms with E-state index in [2.05, 4.69) is 0 Å². The van der Waals surface area contributed by atoms with Crippen molar-refractivity contribution in [1.29, 1.82) is 0 Å². The number of carbonyl (C=O) groups excluding carboxylic acids is 2. The van der Waals surface area contributed by atoms with E-state index >= 15 is 0 Å². The first-order valence-corrected chi connectivity index (χ1v) is 10.1. The minimum absolute atomic E-state index is 0.120. The number of hydrogen-bond acceptors (Lipinski definition) is 3. The minimum atomic E-state index is -0.693. The maximum Gasteiger partial charge on any atom is 0.290 e. The summed E-state index contributed by atoms with van der Waals surface area (Å²) in [6.07, 6.45) is 0.703. The fourth-order valence-corrected chi connectivity index (χ4v) is 3.91. The Morgan fingerprint density at radius 1 is 0.871 bits per heavy atom. The molecule has 0 saturated heterocycles. The molecule has 156 valence electrons. The van der Waals surface area contributed by atoms with Gasteiger partial charge >= 0.3 is 0 Å². The summed E-state index contributed by atoms with van der Waals surface area (Å²) in [7, 11) is 0. The van der Waals surface area contributed by atoms with Gasteiger partial charge < -0.3 is 10.0 Å². The zero-order chi connectivity index (χ0) is 21.8. The van der Waals surface area contributed by atoms with Gasteiger partial charge in [0.05, 0.1) is 11.6 Å². The fraction of sp³-hybridized carbons (Fsp3) is 0.154. The minimum Gasteiger partial charge on any atom is -0.503 e. The highest BCUT2D eigenvalue weighted by molar-refractivity contribution is 6.09. The van der Waals surface area contributed by atoms with Gasteiger partial charge in [0.25, 0.3) is 5.91 Å². The molecule has 1 aliphatic rings. The molecule has 1 heterocycles. The number of nitrogens with zero attached hydrogens (tertiary/aromatic N) is 1. The van der Waals surface area contributed by atoms with Crippen LogP contribution in [0.3, 0.4) is 0 Å². The molecule has 5 heteroatoms. The van der Waals surface area contributed by atoms with E-state index in [9.17, 15) is 19.1 Å². The summed E-state index contributed by atoms with van der Waals surface area (Å²) in [5.74, 6) is -1.73. The van der Waals surface area contributed by atoms with Gasteiger partial charge in [0.1, 0.15) is 5.82 Å². The van der Waals surface area contributed by atoms with Gasteiger partial charge in [-0.15, -0.1) is 0 Å². The molecule has 1 atom stereocenters. The van der Waals surface area contributed by atoms with Gasteiger partial charge in [-0.1, -0.05) is 72.8 Å². The van der Waals surface area contributed by atoms with Crippen LogP contribution in [0.4, 0.5) is 4.39 Å². The van der Waals surface area contributed by atoms with E-state index in [1.165, 1.54) is 17.0 Å². The number of halogens is 1. The van der Waals surface area contributed by atoms with Gasteiger partial charge in [0, 0.05) is 13.0 Å². The van der Waals surface area contributed by atoms with Gasteiger partial charge in [-0.25, -0.2) is 4.39 Å². The summed E-state index contributed by atoms with van der Waals surface area (Å²) in [5, 5.41) is 10.7. The van der Waals surface area contributed by atoms with Crippen molar-refractivity contribution in [3.63, 3.8) is 0 Å². The third-order valence-electron chi connectivity index (χ3n) is 5.47. The van der Waals surface area contributed by atoms with Crippen molar-refractivity contribution in [2.24, 2.45) is 0 Å². The summed E-state index contributed by atoms with van der Waals surface area (Å²) in [6.45, 7) is 0.151. The highest BCUT2D eigenvalue weighted by Gasteiger charge is 2.43. The van der Waals surface area contributed by atoms with Gasteiger partial charge in [-0.05, 0) is 35.2 Å². The SMILES string of the molecule is O=C(CCc1ccccc1)C1=C(O)C(=O)N(Cc2ccc(F)cc2)C1c1ccccc1. The smallest absolute Gasteiger partial charge is 0.290 e. The Hall–Kier alpha value is -3.73. The number of aryl methyl sites for hydroxylation is 1. The van der Waals surface area contributed by atoms with Crippen LogP contribution in [0, 0.1) is 5.82 Å². The zero-order valence-electron chi connectivity index (χ0n) is 16.9. The fourth-order valence-electron chi connectivity index (χ4n) is 3.91. The lowest BCUT2D eigenvalue weighted by Crippen LogP contribution is -2.30. The van der Waals surface area contributed by atoms with Crippen LogP contribution < -0.4 is 0 Å². The van der Waals surface area contributed by atoms with E-state index in [1.54, 1.807) is 12.1 Å². The third kappa shape index (κ3) is 4.40. The summed E-state index contributed by atoms with van der Waals surface area (Å²) >= 11 is 0. The number of ketones is 1. The van der Waals surface area contributed by atoms with Crippen molar-refractivity contribution >= 4 is 11.7 Å². The molecule has 3 aromatic rings. The molecule has 1 N–H and O–H groups in total. The first-order valence-electron chi connectivity index (χ1n) is 10.1. The van der Waals surface area contributed by atoms with Crippen LogP contribution in [0.1, 0.15) is 29.2 Å². The number of aliphatic hydroxyl groups excluding tert-OH is 1. The van der Waals surface area contributed by atoms with Crippen molar-refractivity contribution in [3.8, 4) is 0 Å². The number of Topliss-reactive ketones (excluding diaryl/α,β-unsaturated/α-hetero) is 1. The summed E-state index contributed by atoms with van der Waals surface area (Å²) < 4.78 is 13.3. The van der Waals surface area contributed by atoms with E-state index < -0.39 is 17.7 Å². The van der Waals surface area contributed by atoms with Crippen LogP contribution >= 0.6 is 0 Å². The van der Waals surface area contributed by atoms with Crippen molar-refractivity contribution in [1.82, 2.24) is 4.90 Å². The van der Waals surface area contributed by atoms with Crippen LogP contribution in [0.15, 0.2) is 96.3 Å². The maximum atomic E-state index is 13.3. The van der Waals surface area contributed by atoms with Crippen molar-refractivity contribution in [2.45, 2.75) is 25.4 Å². The second-order valence-corrected chi connectivity index (χ2v) is 7.54. The molecule has 0 radical (unpaired) electrons. The van der Waals surface area contributed by atoms with Crippen molar-refractivity contribution < 1.29 is 19.1 Å². The molecular formula is C26H22FNO3. The Bertz CT molecular complexity index is 1110. The van der Waals surface area contributed by atoms with E-state index in [1.807, 2.05) is 60.7 Å². The van der Waals surface area contributed by atoms with Gasteiger partial charge in [-0.2, -0.15) is 0 Å². The molecule has 0 fully saturated rings. The molecule has 4 nitrogen and oxygen atoms in total. The molecule has 0 aliphatic carbocycles. The van der Waals surface area contributed by atoms with Gasteiger partial charge in [-0.3, -0.25) is 9.59 Å². The lowest BCUT2D eigenvalue weighted by Gasteiger charge is -2.27. The normalized spacial score (nSPS) is 16.1. The Kier molecular flexibility index (Phi) is 5.94. The molecule has 1 unspecified atom stereocenters. The van der Waals surface area contributed by atoms with E-state index in [4.69, 9.17) is 0 Å². The van der Waals surface area contributed by atoms with Crippen molar-refractivity contribution in [3.05, 3.63) is 119 Å². The Morgan fingerprint density at radius 3 is 2.13 bits per heavy atom. The number of aliphatic hydroxyl groups is 1. The van der Waals surface area contributed by atoms with Crippen molar-refractivity contribution in [2.75, 3.05) is 0 Å². The molecule has 0 spiro atoms. The lowest BCUT2D eigenvalue weighted by atomic mass is 9.93. The Morgan fingerprint density at radius 2 is 1.48 bits per heavy atom. The molecule has 0 saturated carbocycles. The van der Waals surface area contributed by atoms with Crippen LogP contribution in [-0.2, 0) is 22.6 Å². The highest BCUT2D eigenvalue weighted by atomic mass is 19.1. The maximum absolute atomic E-state index is 13.3. The summed E-state index contributed by atoms with van der Waals surface area (Å²) in [5.41, 5.74) is 2.58. The molecule has 31 heavy (non-hydrogen) atoms. The number of carbonyl (C=O) groups is 2. The van der Waals surface area contributed by atoms with E-state index in [0.29, 0.717) is 12.0 Å². The molecule has 1 amide bonds. The summed E-state index contributed by atoms with van der Waals surface area (Å²) in [4.78, 5) is 27.6. The Labute approximate surface area is 180 Å². The number of rotatable bonds is 7. The van der Waals surface area contributed by atoms with Gasteiger partial charge in [0.15, 0.2) is 11.5 Å². The monoisotopic (exact) mass is 415 g/mol. The molecule has 0 bridgehead atoms. The molecule has 1 aliphatic heterocycles. The summed E-state index contributed by atoms with van der Waals surface area (Å²) in [6, 6.07) is 23.9. The quantitative estimate of drug-likeness (QED) is 0.596. The molecule has 4 rings (SSSR count). The van der Waals surface area contributed by atoms with E-state index in [-0.39, 0.29) is 30.1 Å². The third-order valence-corrected chi connectivity index (χ3v) is 5.47. The zero-order valence-corrected chi connectivity index (χ0v) is 16.9. The first-order chi connectivity index (χ1) is 15.0. The largest absolute Gasteiger partial charge is 0.503 e. The van der Waals surface area contributed by atoms with Crippen LogP contribution in [0.25, 0.3) is 0 Å². The topological polar surface area (TPSA) is 57.6 Å². The van der Waals surface area contributed by atoms with E-state index in [0.717, 1.165) is 11.1 Å². The molecule has 3 aromatic carbocycles. The highest BCUT2D eigenvalue weighted by Crippen LogP contribution is 2.39. The number of hydrogen-bond donors (Lipinski definition) is 1. The standard InChI is InChI=1S/C26H22FNO3/c27-21-14-11-19(12-15-21)17-28-24(20-9-5-2-6-10-20)23(25(30)26(28)31)22(29)16-13-18-7-3-1-4-8-18/h1-12,14-15,24,30H,13,16-17H2.